The van der Waals surface area contributed by atoms with Crippen LogP contribution in [0, 0.1) is 0 Å². The highest BCUT2D eigenvalue weighted by Gasteiger charge is 2.32. The molecule has 1 aliphatic carbocycles. The molecule has 0 fully saturated rings. The van der Waals surface area contributed by atoms with E-state index in [4.69, 9.17) is 4.98 Å². The maximum atomic E-state index is 10.5. The minimum atomic E-state index is -0.590. The highest BCUT2D eigenvalue weighted by atomic mass is 32.1. The average molecular weight is 273 g/mol. The standard InChI is InChI=1S/C16H19NOS/c1-16(2)10-6-9-12-14(16)17-15(19-12)13(18)11-7-4-3-5-8-11/h3-5,7-8,13,18H,6,9-10H2,1-2H3. The molecule has 100 valence electrons. The van der Waals surface area contributed by atoms with Gasteiger partial charge >= 0.3 is 0 Å². The summed E-state index contributed by atoms with van der Waals surface area (Å²) in [5.41, 5.74) is 2.28. The monoisotopic (exact) mass is 273 g/mol. The van der Waals surface area contributed by atoms with Crippen LogP contribution >= 0.6 is 11.3 Å². The molecule has 0 saturated heterocycles. The number of nitrogens with zero attached hydrogens (tertiary/aromatic N) is 1. The smallest absolute Gasteiger partial charge is 0.131 e. The van der Waals surface area contributed by atoms with Gasteiger partial charge in [-0.2, -0.15) is 0 Å². The van der Waals surface area contributed by atoms with Crippen molar-refractivity contribution in [2.24, 2.45) is 0 Å². The van der Waals surface area contributed by atoms with Gasteiger partial charge in [-0.3, -0.25) is 0 Å². The number of benzene rings is 1. The van der Waals surface area contributed by atoms with E-state index in [2.05, 4.69) is 13.8 Å². The Balaban J connectivity index is 1.97. The van der Waals surface area contributed by atoms with E-state index < -0.39 is 6.10 Å². The summed E-state index contributed by atoms with van der Waals surface area (Å²) in [5, 5.41) is 11.3. The minimum Gasteiger partial charge on any atom is -0.381 e. The number of aryl methyl sites for hydroxylation is 1. The lowest BCUT2D eigenvalue weighted by Gasteiger charge is -2.28. The van der Waals surface area contributed by atoms with Gasteiger partial charge in [0.2, 0.25) is 0 Å². The third-order valence-corrected chi connectivity index (χ3v) is 5.08. The van der Waals surface area contributed by atoms with Crippen molar-refractivity contribution in [2.75, 3.05) is 0 Å². The molecule has 0 radical (unpaired) electrons. The van der Waals surface area contributed by atoms with E-state index in [1.165, 1.54) is 23.4 Å². The molecule has 1 aliphatic rings. The third kappa shape index (κ3) is 2.33. The summed E-state index contributed by atoms with van der Waals surface area (Å²) in [5.74, 6) is 0. The Labute approximate surface area is 118 Å². The molecule has 3 rings (SSSR count). The maximum absolute atomic E-state index is 10.5. The number of hydrogen-bond acceptors (Lipinski definition) is 3. The van der Waals surface area contributed by atoms with Crippen LogP contribution in [-0.4, -0.2) is 10.1 Å². The van der Waals surface area contributed by atoms with Gasteiger partial charge in [0.25, 0.3) is 0 Å². The molecule has 1 aromatic carbocycles. The van der Waals surface area contributed by atoms with E-state index in [0.29, 0.717) is 0 Å². The van der Waals surface area contributed by atoms with E-state index in [-0.39, 0.29) is 5.41 Å². The van der Waals surface area contributed by atoms with Crippen molar-refractivity contribution >= 4 is 11.3 Å². The van der Waals surface area contributed by atoms with Crippen LogP contribution in [0.25, 0.3) is 0 Å². The highest BCUT2D eigenvalue weighted by molar-refractivity contribution is 7.11. The van der Waals surface area contributed by atoms with Crippen LogP contribution < -0.4 is 0 Å². The molecule has 0 aliphatic heterocycles. The summed E-state index contributed by atoms with van der Waals surface area (Å²) >= 11 is 1.68. The third-order valence-electron chi connectivity index (χ3n) is 3.91. The topological polar surface area (TPSA) is 33.1 Å². The quantitative estimate of drug-likeness (QED) is 0.902. The lowest BCUT2D eigenvalue weighted by atomic mass is 9.79. The van der Waals surface area contributed by atoms with Crippen molar-refractivity contribution in [3.8, 4) is 0 Å². The zero-order valence-electron chi connectivity index (χ0n) is 11.4. The second-order valence-electron chi connectivity index (χ2n) is 5.87. The van der Waals surface area contributed by atoms with Crippen molar-refractivity contribution < 1.29 is 5.11 Å². The first-order valence-electron chi connectivity index (χ1n) is 6.81. The summed E-state index contributed by atoms with van der Waals surface area (Å²) in [6.45, 7) is 4.51. The first-order valence-corrected chi connectivity index (χ1v) is 7.63. The number of thiazole rings is 1. The maximum Gasteiger partial charge on any atom is 0.131 e. The van der Waals surface area contributed by atoms with Gasteiger partial charge in [0.15, 0.2) is 0 Å². The predicted molar refractivity (Wildman–Crippen MR) is 78.6 cm³/mol. The molecule has 2 nitrogen and oxygen atoms in total. The number of hydrogen-bond donors (Lipinski definition) is 1. The molecule has 3 heteroatoms. The zero-order chi connectivity index (χ0) is 13.5. The van der Waals surface area contributed by atoms with E-state index in [9.17, 15) is 5.11 Å². The second kappa shape index (κ2) is 4.73. The number of aromatic nitrogens is 1. The summed E-state index contributed by atoms with van der Waals surface area (Å²) in [4.78, 5) is 6.11. The molecule has 1 aromatic heterocycles. The number of aliphatic hydroxyl groups is 1. The number of rotatable bonds is 2. The SMILES string of the molecule is CC1(C)CCCc2sc(C(O)c3ccccc3)nc21. The Morgan fingerprint density at radius 1 is 1.26 bits per heavy atom. The molecule has 1 heterocycles. The molecule has 0 saturated carbocycles. The van der Waals surface area contributed by atoms with Gasteiger partial charge in [0.1, 0.15) is 11.1 Å². The Kier molecular flexibility index (Phi) is 3.19. The van der Waals surface area contributed by atoms with Crippen LogP contribution in [0.1, 0.15) is 53.9 Å². The van der Waals surface area contributed by atoms with Crippen molar-refractivity contribution in [3.63, 3.8) is 0 Å². The first-order chi connectivity index (χ1) is 9.08. The zero-order valence-corrected chi connectivity index (χ0v) is 12.2. The molecule has 0 bridgehead atoms. The molecule has 0 spiro atoms. The van der Waals surface area contributed by atoms with Gasteiger partial charge in [-0.15, -0.1) is 11.3 Å². The van der Waals surface area contributed by atoms with Gasteiger partial charge in [-0.05, 0) is 24.8 Å². The van der Waals surface area contributed by atoms with E-state index in [0.717, 1.165) is 17.0 Å². The summed E-state index contributed by atoms with van der Waals surface area (Å²) < 4.78 is 0. The molecular weight excluding hydrogens is 254 g/mol. The first kappa shape index (κ1) is 12.8. The Morgan fingerprint density at radius 3 is 2.68 bits per heavy atom. The summed E-state index contributed by atoms with van der Waals surface area (Å²) in [6.07, 6.45) is 2.93. The van der Waals surface area contributed by atoms with Gasteiger partial charge in [0, 0.05) is 10.3 Å². The summed E-state index contributed by atoms with van der Waals surface area (Å²) in [7, 11) is 0. The summed E-state index contributed by atoms with van der Waals surface area (Å²) in [6, 6.07) is 9.78. The van der Waals surface area contributed by atoms with Gasteiger partial charge in [-0.1, -0.05) is 44.2 Å². The Bertz CT molecular complexity index is 574. The van der Waals surface area contributed by atoms with Crippen LogP contribution in [0.15, 0.2) is 30.3 Å². The second-order valence-corrected chi connectivity index (χ2v) is 6.99. The Morgan fingerprint density at radius 2 is 2.00 bits per heavy atom. The van der Waals surface area contributed by atoms with Crippen LogP contribution in [0.2, 0.25) is 0 Å². The van der Waals surface area contributed by atoms with E-state index in [1.807, 2.05) is 30.3 Å². The molecule has 0 amide bonds. The lowest BCUT2D eigenvalue weighted by molar-refractivity contribution is 0.219. The largest absolute Gasteiger partial charge is 0.381 e. The van der Waals surface area contributed by atoms with Crippen LogP contribution in [0.3, 0.4) is 0 Å². The number of fused-ring (bicyclic) bond motifs is 1. The van der Waals surface area contributed by atoms with Crippen LogP contribution in [0.5, 0.6) is 0 Å². The van der Waals surface area contributed by atoms with Crippen molar-refractivity contribution in [1.29, 1.82) is 0 Å². The van der Waals surface area contributed by atoms with Crippen molar-refractivity contribution in [1.82, 2.24) is 4.98 Å². The molecule has 19 heavy (non-hydrogen) atoms. The fourth-order valence-corrected chi connectivity index (χ4v) is 4.07. The Hall–Kier alpha value is -1.19. The molecule has 1 unspecified atom stereocenters. The fraction of sp³-hybridized carbons (Fsp3) is 0.438. The van der Waals surface area contributed by atoms with Crippen LogP contribution in [-0.2, 0) is 11.8 Å². The van der Waals surface area contributed by atoms with Gasteiger partial charge < -0.3 is 5.11 Å². The van der Waals surface area contributed by atoms with Gasteiger partial charge in [0.05, 0.1) is 5.69 Å². The molecule has 1 atom stereocenters. The van der Waals surface area contributed by atoms with Crippen molar-refractivity contribution in [2.45, 2.75) is 44.6 Å². The molecule has 1 N–H and O–H groups in total. The fourth-order valence-electron chi connectivity index (χ4n) is 2.77. The highest BCUT2D eigenvalue weighted by Crippen LogP contribution is 2.40. The van der Waals surface area contributed by atoms with Crippen molar-refractivity contribution in [3.05, 3.63) is 51.5 Å². The molecule has 2 aromatic rings. The van der Waals surface area contributed by atoms with E-state index >= 15 is 0 Å². The minimum absolute atomic E-state index is 0.152. The van der Waals surface area contributed by atoms with Gasteiger partial charge in [-0.25, -0.2) is 4.98 Å². The molecular formula is C16H19NOS. The average Bonchev–Trinajstić information content (AvgIpc) is 2.84. The number of aliphatic hydroxyl groups excluding tert-OH is 1. The predicted octanol–water partition coefficient (Wildman–Crippen LogP) is 3.84. The van der Waals surface area contributed by atoms with Crippen LogP contribution in [0.4, 0.5) is 0 Å². The lowest BCUT2D eigenvalue weighted by Crippen LogP contribution is -2.23. The normalized spacial score (nSPS) is 18.9. The van der Waals surface area contributed by atoms with E-state index in [1.54, 1.807) is 11.3 Å².